The number of rotatable bonds is 4. The molecule has 1 aromatic rings. The lowest BCUT2D eigenvalue weighted by atomic mass is 10.2. The molecule has 1 amide bonds. The zero-order valence-electron chi connectivity index (χ0n) is 11.9. The summed E-state index contributed by atoms with van der Waals surface area (Å²) in [6.07, 6.45) is 0.810. The van der Waals surface area contributed by atoms with E-state index in [2.05, 4.69) is 0 Å². The molecule has 0 N–H and O–H groups in total. The van der Waals surface area contributed by atoms with Crippen molar-refractivity contribution in [3.05, 3.63) is 22.4 Å². The summed E-state index contributed by atoms with van der Waals surface area (Å²) < 4.78 is 24.7. The van der Waals surface area contributed by atoms with Crippen LogP contribution < -0.4 is 0 Å². The summed E-state index contributed by atoms with van der Waals surface area (Å²) in [5.41, 5.74) is 0. The standard InChI is InChI=1S/C14H19NO4S2/c1-11(16)4-5-14(17)15-7-6-13(12-3-2-9-20-12)21(18,19)10-8-15/h2-3,9,13H,4-8,10H2,1H3. The lowest BCUT2D eigenvalue weighted by molar-refractivity contribution is -0.132. The summed E-state index contributed by atoms with van der Waals surface area (Å²) in [7, 11) is -3.23. The Morgan fingerprint density at radius 2 is 2.10 bits per heavy atom. The van der Waals surface area contributed by atoms with Gasteiger partial charge in [-0.25, -0.2) is 8.42 Å². The van der Waals surface area contributed by atoms with Crippen LogP contribution in [0.25, 0.3) is 0 Å². The van der Waals surface area contributed by atoms with Crippen LogP contribution >= 0.6 is 11.3 Å². The number of hydrogen-bond donors (Lipinski definition) is 0. The van der Waals surface area contributed by atoms with E-state index in [0.717, 1.165) is 4.88 Å². The second-order valence-electron chi connectivity index (χ2n) is 5.24. The molecular weight excluding hydrogens is 310 g/mol. The van der Waals surface area contributed by atoms with Crippen LogP contribution in [0.3, 0.4) is 0 Å². The number of nitrogens with zero attached hydrogens (tertiary/aromatic N) is 1. The highest BCUT2D eigenvalue weighted by molar-refractivity contribution is 7.91. The first-order valence-corrected chi connectivity index (χ1v) is 9.52. The lowest BCUT2D eigenvalue weighted by Crippen LogP contribution is -2.33. The Balaban J connectivity index is 2.06. The van der Waals surface area contributed by atoms with Crippen LogP contribution in [-0.2, 0) is 19.4 Å². The van der Waals surface area contributed by atoms with Gasteiger partial charge in [0.2, 0.25) is 5.91 Å². The summed E-state index contributed by atoms with van der Waals surface area (Å²) in [5, 5.41) is 1.36. The molecule has 0 saturated carbocycles. The van der Waals surface area contributed by atoms with Gasteiger partial charge < -0.3 is 9.69 Å². The average Bonchev–Trinajstić information content (AvgIpc) is 2.88. The van der Waals surface area contributed by atoms with Gasteiger partial charge in [-0.1, -0.05) is 6.07 Å². The Labute approximate surface area is 128 Å². The van der Waals surface area contributed by atoms with Crippen LogP contribution in [0.5, 0.6) is 0 Å². The average molecular weight is 329 g/mol. The summed E-state index contributed by atoms with van der Waals surface area (Å²) in [6, 6.07) is 3.68. The minimum atomic E-state index is -3.23. The molecule has 21 heavy (non-hydrogen) atoms. The maximum absolute atomic E-state index is 12.3. The van der Waals surface area contributed by atoms with Crippen LogP contribution in [0.4, 0.5) is 0 Å². The normalized spacial score (nSPS) is 21.8. The number of sulfone groups is 1. The molecule has 2 rings (SSSR count). The lowest BCUT2D eigenvalue weighted by Gasteiger charge is -2.19. The van der Waals surface area contributed by atoms with Crippen LogP contribution in [0.1, 0.15) is 36.3 Å². The second-order valence-corrected chi connectivity index (χ2v) is 8.52. The summed E-state index contributed by atoms with van der Waals surface area (Å²) in [5.74, 6) is -0.170. The third kappa shape index (κ3) is 4.14. The SMILES string of the molecule is CC(=O)CCC(=O)N1CCC(c2cccs2)S(=O)(=O)CC1. The third-order valence-electron chi connectivity index (χ3n) is 3.64. The molecule has 1 unspecified atom stereocenters. The van der Waals surface area contributed by atoms with Crippen LogP contribution in [0, 0.1) is 0 Å². The number of carbonyl (C=O) groups excluding carboxylic acids is 2. The first-order chi connectivity index (χ1) is 9.90. The van der Waals surface area contributed by atoms with E-state index in [4.69, 9.17) is 0 Å². The highest BCUT2D eigenvalue weighted by Crippen LogP contribution is 2.32. The van der Waals surface area contributed by atoms with Gasteiger partial charge in [0.1, 0.15) is 5.78 Å². The van der Waals surface area contributed by atoms with Crippen molar-refractivity contribution in [2.75, 3.05) is 18.8 Å². The van der Waals surface area contributed by atoms with Crippen LogP contribution in [-0.4, -0.2) is 43.9 Å². The summed E-state index contributed by atoms with van der Waals surface area (Å²) >= 11 is 1.44. The minimum Gasteiger partial charge on any atom is -0.342 e. The van der Waals surface area contributed by atoms with Crippen LogP contribution in [0.2, 0.25) is 0 Å². The Hall–Kier alpha value is -1.21. The number of carbonyl (C=O) groups is 2. The maximum Gasteiger partial charge on any atom is 0.223 e. The fraction of sp³-hybridized carbons (Fsp3) is 0.571. The zero-order valence-corrected chi connectivity index (χ0v) is 13.6. The monoisotopic (exact) mass is 329 g/mol. The van der Waals surface area contributed by atoms with E-state index in [1.165, 1.54) is 18.3 Å². The predicted octanol–water partition coefficient (Wildman–Crippen LogP) is 1.81. The fourth-order valence-corrected chi connectivity index (χ4v) is 5.43. The Morgan fingerprint density at radius 1 is 1.33 bits per heavy atom. The molecule has 0 radical (unpaired) electrons. The van der Waals surface area contributed by atoms with Gasteiger partial charge >= 0.3 is 0 Å². The van der Waals surface area contributed by atoms with E-state index >= 15 is 0 Å². The van der Waals surface area contributed by atoms with Gasteiger partial charge in [-0.05, 0) is 24.8 Å². The quantitative estimate of drug-likeness (QED) is 0.844. The zero-order chi connectivity index (χ0) is 15.5. The number of thiophene rings is 1. The topological polar surface area (TPSA) is 71.5 Å². The molecule has 0 aliphatic carbocycles. The van der Waals surface area contributed by atoms with Gasteiger partial charge in [0.15, 0.2) is 9.84 Å². The van der Waals surface area contributed by atoms with Gasteiger partial charge in [0.05, 0.1) is 11.0 Å². The van der Waals surface area contributed by atoms with Crippen molar-refractivity contribution in [1.82, 2.24) is 4.90 Å². The highest BCUT2D eigenvalue weighted by Gasteiger charge is 2.33. The minimum absolute atomic E-state index is 0.0125. The number of amides is 1. The molecule has 0 aromatic carbocycles. The molecular formula is C14H19NO4S2. The molecule has 1 fully saturated rings. The van der Waals surface area contributed by atoms with Crippen molar-refractivity contribution in [2.45, 2.75) is 31.4 Å². The third-order valence-corrected chi connectivity index (χ3v) is 6.89. The van der Waals surface area contributed by atoms with Crippen molar-refractivity contribution in [3.63, 3.8) is 0 Å². The second kappa shape index (κ2) is 6.70. The van der Waals surface area contributed by atoms with E-state index in [9.17, 15) is 18.0 Å². The molecule has 1 aromatic heterocycles. The van der Waals surface area contributed by atoms with E-state index < -0.39 is 15.1 Å². The fourth-order valence-electron chi connectivity index (χ4n) is 2.43. The van der Waals surface area contributed by atoms with Gasteiger partial charge in [0.25, 0.3) is 0 Å². The smallest absolute Gasteiger partial charge is 0.223 e. The van der Waals surface area contributed by atoms with Gasteiger partial charge in [-0.3, -0.25) is 4.79 Å². The first-order valence-electron chi connectivity index (χ1n) is 6.92. The molecule has 0 bridgehead atoms. The summed E-state index contributed by atoms with van der Waals surface area (Å²) in [4.78, 5) is 25.4. The molecule has 5 nitrogen and oxygen atoms in total. The highest BCUT2D eigenvalue weighted by atomic mass is 32.2. The summed E-state index contributed by atoms with van der Waals surface area (Å²) in [6.45, 7) is 2.10. The van der Waals surface area contributed by atoms with Gasteiger partial charge in [0, 0.05) is 30.8 Å². The van der Waals surface area contributed by atoms with E-state index in [-0.39, 0.29) is 36.8 Å². The molecule has 1 aliphatic heterocycles. The molecule has 1 saturated heterocycles. The van der Waals surface area contributed by atoms with Crippen LogP contribution in [0.15, 0.2) is 17.5 Å². The molecule has 1 aliphatic rings. The van der Waals surface area contributed by atoms with Gasteiger partial charge in [-0.2, -0.15) is 0 Å². The molecule has 116 valence electrons. The van der Waals surface area contributed by atoms with Gasteiger partial charge in [-0.15, -0.1) is 11.3 Å². The molecule has 7 heteroatoms. The molecule has 0 spiro atoms. The predicted molar refractivity (Wildman–Crippen MR) is 82.0 cm³/mol. The van der Waals surface area contributed by atoms with Crippen molar-refractivity contribution < 1.29 is 18.0 Å². The Morgan fingerprint density at radius 3 is 2.71 bits per heavy atom. The Kier molecular flexibility index (Phi) is 5.16. The molecule has 1 atom stereocenters. The van der Waals surface area contributed by atoms with E-state index in [1.54, 1.807) is 4.90 Å². The van der Waals surface area contributed by atoms with Crippen molar-refractivity contribution >= 4 is 32.9 Å². The Bertz CT molecular complexity index is 607. The van der Waals surface area contributed by atoms with E-state index in [1.807, 2.05) is 17.5 Å². The maximum atomic E-state index is 12.3. The first kappa shape index (κ1) is 16.2. The number of Topliss-reactive ketones (excluding diaryl/α,β-unsaturated/α-hetero) is 1. The largest absolute Gasteiger partial charge is 0.342 e. The van der Waals surface area contributed by atoms with E-state index in [0.29, 0.717) is 13.0 Å². The molecule has 2 heterocycles. The van der Waals surface area contributed by atoms with Crippen molar-refractivity contribution in [3.8, 4) is 0 Å². The van der Waals surface area contributed by atoms with Crippen molar-refractivity contribution in [1.29, 1.82) is 0 Å². The number of hydrogen-bond acceptors (Lipinski definition) is 5. The number of ketones is 1. The van der Waals surface area contributed by atoms with Crippen molar-refractivity contribution in [2.24, 2.45) is 0 Å².